The second kappa shape index (κ2) is 6.32. The van der Waals surface area contributed by atoms with Crippen molar-refractivity contribution in [2.45, 2.75) is 77.6 Å². The number of aldehydes is 1. The minimum atomic E-state index is 0.593. The molecule has 130 valence electrons. The van der Waals surface area contributed by atoms with E-state index in [0.717, 1.165) is 35.5 Å². The molecule has 0 N–H and O–H groups in total. The van der Waals surface area contributed by atoms with Gasteiger partial charge < -0.3 is 0 Å². The van der Waals surface area contributed by atoms with Crippen molar-refractivity contribution >= 4 is 6.29 Å². The fraction of sp³-hybridized carbons (Fsp3) is 0.696. The van der Waals surface area contributed by atoms with Crippen LogP contribution in [0.25, 0.3) is 0 Å². The highest BCUT2D eigenvalue weighted by Gasteiger charge is 2.54. The number of carbonyl (C=O) groups excluding carboxylic acids is 1. The summed E-state index contributed by atoms with van der Waals surface area (Å²) in [7, 11) is 0. The Morgan fingerprint density at radius 2 is 2.08 bits per heavy atom. The second-order valence-corrected chi connectivity index (χ2v) is 8.95. The van der Waals surface area contributed by atoms with E-state index >= 15 is 0 Å². The van der Waals surface area contributed by atoms with Crippen LogP contribution in [-0.4, -0.2) is 6.29 Å². The molecule has 0 aliphatic heterocycles. The predicted molar refractivity (Wildman–Crippen MR) is 99.5 cm³/mol. The Hall–Kier alpha value is -1.11. The van der Waals surface area contributed by atoms with Crippen molar-refractivity contribution in [1.29, 1.82) is 0 Å². The number of benzene rings is 1. The first-order chi connectivity index (χ1) is 11.7. The van der Waals surface area contributed by atoms with Gasteiger partial charge in [-0.05, 0) is 91.2 Å². The Labute approximate surface area is 147 Å². The van der Waals surface area contributed by atoms with Crippen molar-refractivity contribution in [2.24, 2.45) is 23.2 Å². The van der Waals surface area contributed by atoms with Gasteiger partial charge in [-0.15, -0.1) is 0 Å². The molecule has 0 radical (unpaired) electrons. The number of hydrogen-bond donors (Lipinski definition) is 0. The van der Waals surface area contributed by atoms with Gasteiger partial charge in [-0.2, -0.15) is 0 Å². The Bertz CT molecular complexity index is 618. The van der Waals surface area contributed by atoms with Crippen molar-refractivity contribution in [1.82, 2.24) is 0 Å². The topological polar surface area (TPSA) is 17.1 Å². The zero-order valence-corrected chi connectivity index (χ0v) is 15.4. The van der Waals surface area contributed by atoms with E-state index in [1.165, 1.54) is 68.9 Å². The van der Waals surface area contributed by atoms with Gasteiger partial charge in [0, 0.05) is 5.56 Å². The van der Waals surface area contributed by atoms with Gasteiger partial charge in [0.15, 0.2) is 0 Å². The summed E-state index contributed by atoms with van der Waals surface area (Å²) in [6.07, 6.45) is 13.5. The molecule has 2 fully saturated rings. The molecule has 1 nitrogen and oxygen atoms in total. The molecular formula is C23H32O. The van der Waals surface area contributed by atoms with Crippen molar-refractivity contribution in [3.63, 3.8) is 0 Å². The molecule has 0 spiro atoms. The normalized spacial score (nSPS) is 37.4. The SMILES string of the molecule is CCCC[C@H]1CC[C@H]2[C@@H]3CCc4ccc(C=O)cc4[C@H]3CC[C@]12C. The minimum absolute atomic E-state index is 0.593. The highest BCUT2D eigenvalue weighted by atomic mass is 16.1. The molecule has 24 heavy (non-hydrogen) atoms. The fourth-order valence-electron chi connectivity index (χ4n) is 6.69. The first-order valence-electron chi connectivity index (χ1n) is 10.3. The number of carbonyl (C=O) groups is 1. The van der Waals surface area contributed by atoms with Crippen LogP contribution in [-0.2, 0) is 6.42 Å². The summed E-state index contributed by atoms with van der Waals surface area (Å²) in [5, 5.41) is 0. The zero-order valence-electron chi connectivity index (χ0n) is 15.4. The summed E-state index contributed by atoms with van der Waals surface area (Å²) in [6.45, 7) is 4.95. The third-order valence-electron chi connectivity index (χ3n) is 7.99. The number of unbranched alkanes of at least 4 members (excludes halogenated alkanes) is 1. The Kier molecular flexibility index (Phi) is 4.31. The molecule has 3 aliphatic carbocycles. The molecule has 1 aromatic carbocycles. The predicted octanol–water partition coefficient (Wildman–Crippen LogP) is 6.16. The standard InChI is InChI=1S/C23H32O/c1-3-4-5-18-9-11-22-20-10-8-17-7-6-16(15-24)14-21(17)19(20)12-13-23(18,22)2/h6-7,14-15,18-20,22H,3-5,8-13H2,1-2H3/t18-,19-,20+,22-,23+/m0/s1. The average Bonchev–Trinajstić information content (AvgIpc) is 2.95. The van der Waals surface area contributed by atoms with E-state index in [4.69, 9.17) is 0 Å². The summed E-state index contributed by atoms with van der Waals surface area (Å²) in [6, 6.07) is 6.45. The molecule has 0 heterocycles. The first-order valence-corrected chi connectivity index (χ1v) is 10.3. The van der Waals surface area contributed by atoms with E-state index in [9.17, 15) is 4.79 Å². The summed E-state index contributed by atoms with van der Waals surface area (Å²) in [5.41, 5.74) is 4.51. The van der Waals surface area contributed by atoms with E-state index in [1.807, 2.05) is 6.07 Å². The highest BCUT2D eigenvalue weighted by molar-refractivity contribution is 5.75. The number of hydrogen-bond acceptors (Lipinski definition) is 1. The molecule has 1 aromatic rings. The zero-order chi connectivity index (χ0) is 16.7. The van der Waals surface area contributed by atoms with Crippen molar-refractivity contribution in [3.05, 3.63) is 34.9 Å². The first kappa shape index (κ1) is 16.4. The third kappa shape index (κ3) is 2.47. The quantitative estimate of drug-likeness (QED) is 0.606. The lowest BCUT2D eigenvalue weighted by Gasteiger charge is -2.51. The maximum Gasteiger partial charge on any atom is 0.150 e. The van der Waals surface area contributed by atoms with Crippen molar-refractivity contribution in [3.8, 4) is 0 Å². The molecule has 0 aromatic heterocycles. The Balaban J connectivity index is 1.61. The van der Waals surface area contributed by atoms with Gasteiger partial charge >= 0.3 is 0 Å². The summed E-state index contributed by atoms with van der Waals surface area (Å²) in [4.78, 5) is 11.2. The molecule has 2 saturated carbocycles. The third-order valence-corrected chi connectivity index (χ3v) is 7.99. The largest absolute Gasteiger partial charge is 0.298 e. The van der Waals surface area contributed by atoms with Crippen LogP contribution >= 0.6 is 0 Å². The smallest absolute Gasteiger partial charge is 0.150 e. The van der Waals surface area contributed by atoms with E-state index in [0.29, 0.717) is 5.41 Å². The number of aryl methyl sites for hydroxylation is 1. The Morgan fingerprint density at radius 1 is 1.21 bits per heavy atom. The van der Waals surface area contributed by atoms with Crippen LogP contribution in [0.2, 0.25) is 0 Å². The average molecular weight is 325 g/mol. The lowest BCUT2D eigenvalue weighted by molar-refractivity contribution is 0.0253. The maximum absolute atomic E-state index is 11.2. The van der Waals surface area contributed by atoms with Crippen LogP contribution in [0.1, 0.15) is 92.6 Å². The van der Waals surface area contributed by atoms with Gasteiger partial charge in [-0.3, -0.25) is 4.79 Å². The monoisotopic (exact) mass is 324 g/mol. The van der Waals surface area contributed by atoms with Crippen molar-refractivity contribution < 1.29 is 4.79 Å². The van der Waals surface area contributed by atoms with E-state index < -0.39 is 0 Å². The van der Waals surface area contributed by atoms with Gasteiger partial charge in [0.05, 0.1) is 0 Å². The van der Waals surface area contributed by atoms with E-state index in [1.54, 1.807) is 0 Å². The summed E-state index contributed by atoms with van der Waals surface area (Å²) >= 11 is 0. The summed E-state index contributed by atoms with van der Waals surface area (Å²) in [5.74, 6) is 3.47. The second-order valence-electron chi connectivity index (χ2n) is 8.95. The molecule has 0 bridgehead atoms. The number of fused-ring (bicyclic) bond motifs is 5. The molecule has 0 unspecified atom stereocenters. The van der Waals surface area contributed by atoms with Crippen LogP contribution in [0.3, 0.4) is 0 Å². The molecule has 3 aliphatic rings. The van der Waals surface area contributed by atoms with E-state index in [-0.39, 0.29) is 0 Å². The van der Waals surface area contributed by atoms with Gasteiger partial charge in [-0.1, -0.05) is 38.8 Å². The van der Waals surface area contributed by atoms with Crippen LogP contribution in [0.4, 0.5) is 0 Å². The van der Waals surface area contributed by atoms with E-state index in [2.05, 4.69) is 26.0 Å². The lowest BCUT2D eigenvalue weighted by atomic mass is 9.54. The number of rotatable bonds is 4. The molecule has 5 atom stereocenters. The minimum Gasteiger partial charge on any atom is -0.298 e. The fourth-order valence-corrected chi connectivity index (χ4v) is 6.69. The van der Waals surface area contributed by atoms with Gasteiger partial charge in [0.2, 0.25) is 0 Å². The Morgan fingerprint density at radius 3 is 2.88 bits per heavy atom. The van der Waals surface area contributed by atoms with Crippen LogP contribution in [0, 0.1) is 23.2 Å². The molecule has 1 heteroatoms. The van der Waals surface area contributed by atoms with Crippen LogP contribution < -0.4 is 0 Å². The van der Waals surface area contributed by atoms with Crippen LogP contribution in [0.5, 0.6) is 0 Å². The molecule has 0 saturated heterocycles. The van der Waals surface area contributed by atoms with Crippen LogP contribution in [0.15, 0.2) is 18.2 Å². The van der Waals surface area contributed by atoms with Gasteiger partial charge in [0.25, 0.3) is 0 Å². The maximum atomic E-state index is 11.2. The van der Waals surface area contributed by atoms with Crippen molar-refractivity contribution in [2.75, 3.05) is 0 Å². The highest BCUT2D eigenvalue weighted by Crippen LogP contribution is 2.63. The molecule has 0 amide bonds. The molecule has 4 rings (SSSR count). The van der Waals surface area contributed by atoms with Gasteiger partial charge in [-0.25, -0.2) is 0 Å². The lowest BCUT2D eigenvalue weighted by Crippen LogP contribution is -2.42. The van der Waals surface area contributed by atoms with Gasteiger partial charge in [0.1, 0.15) is 6.29 Å². The summed E-state index contributed by atoms with van der Waals surface area (Å²) < 4.78 is 0. The molecular weight excluding hydrogens is 292 g/mol.